The maximum atomic E-state index is 12.3. The first-order chi connectivity index (χ1) is 11.6. The molecule has 2 aliphatic rings. The van der Waals surface area contributed by atoms with Gasteiger partial charge in [0.2, 0.25) is 5.91 Å². The lowest BCUT2D eigenvalue weighted by Gasteiger charge is -2.30. The molecule has 2 heterocycles. The molecule has 1 amide bonds. The van der Waals surface area contributed by atoms with E-state index in [1.54, 1.807) is 11.8 Å². The lowest BCUT2D eigenvalue weighted by Crippen LogP contribution is -2.30. The number of carbonyl (C=O) groups is 2. The van der Waals surface area contributed by atoms with Crippen LogP contribution in [0.15, 0.2) is 18.2 Å². The molecule has 2 saturated heterocycles. The zero-order valence-electron chi connectivity index (χ0n) is 14.0. The van der Waals surface area contributed by atoms with E-state index in [-0.39, 0.29) is 18.3 Å². The predicted octanol–water partition coefficient (Wildman–Crippen LogP) is 3.25. The van der Waals surface area contributed by atoms with Crippen LogP contribution in [0, 0.1) is 5.92 Å². The highest BCUT2D eigenvalue weighted by atomic mass is 35.5. The van der Waals surface area contributed by atoms with Crippen molar-refractivity contribution in [3.63, 3.8) is 0 Å². The average molecular weight is 351 g/mol. The van der Waals surface area contributed by atoms with Crippen LogP contribution in [0.4, 0.5) is 11.4 Å². The van der Waals surface area contributed by atoms with Gasteiger partial charge in [0.1, 0.15) is 0 Å². The molecule has 2 aliphatic heterocycles. The van der Waals surface area contributed by atoms with Crippen LogP contribution in [0.1, 0.15) is 32.6 Å². The van der Waals surface area contributed by atoms with Crippen LogP contribution in [-0.2, 0) is 14.3 Å². The van der Waals surface area contributed by atoms with Crippen molar-refractivity contribution >= 4 is 34.9 Å². The maximum Gasteiger partial charge on any atom is 0.311 e. The molecule has 0 bridgehead atoms. The molecule has 1 aromatic carbocycles. The third kappa shape index (κ3) is 3.51. The summed E-state index contributed by atoms with van der Waals surface area (Å²) in [6, 6.07) is 5.73. The number of hydrogen-bond acceptors (Lipinski definition) is 4. The Morgan fingerprint density at radius 1 is 1.29 bits per heavy atom. The summed E-state index contributed by atoms with van der Waals surface area (Å²) in [6.07, 6.45) is 3.84. The molecule has 24 heavy (non-hydrogen) atoms. The lowest BCUT2D eigenvalue weighted by atomic mass is 10.1. The molecule has 6 heteroatoms. The zero-order chi connectivity index (χ0) is 17.1. The smallest absolute Gasteiger partial charge is 0.311 e. The Kier molecular flexibility index (Phi) is 5.29. The molecule has 130 valence electrons. The van der Waals surface area contributed by atoms with Gasteiger partial charge < -0.3 is 14.5 Å². The number of carbonyl (C=O) groups excluding carboxylic acids is 2. The third-order valence-electron chi connectivity index (χ3n) is 4.68. The van der Waals surface area contributed by atoms with Crippen LogP contribution in [0.5, 0.6) is 0 Å². The number of halogens is 1. The molecule has 5 nitrogen and oxygen atoms in total. The lowest BCUT2D eigenvalue weighted by molar-refractivity contribution is -0.147. The monoisotopic (exact) mass is 350 g/mol. The van der Waals surface area contributed by atoms with Crippen LogP contribution in [0.2, 0.25) is 5.02 Å². The van der Waals surface area contributed by atoms with Crippen molar-refractivity contribution in [2.75, 3.05) is 36.0 Å². The van der Waals surface area contributed by atoms with Gasteiger partial charge in [-0.3, -0.25) is 9.59 Å². The molecule has 2 fully saturated rings. The summed E-state index contributed by atoms with van der Waals surface area (Å²) in [5.74, 6) is -0.753. The average Bonchev–Trinajstić information content (AvgIpc) is 2.98. The highest BCUT2D eigenvalue weighted by Crippen LogP contribution is 2.34. The van der Waals surface area contributed by atoms with Crippen molar-refractivity contribution in [3.8, 4) is 0 Å². The summed E-state index contributed by atoms with van der Waals surface area (Å²) in [5.41, 5.74) is 1.77. The number of benzene rings is 1. The number of piperidine rings is 1. The van der Waals surface area contributed by atoms with Crippen molar-refractivity contribution < 1.29 is 14.3 Å². The summed E-state index contributed by atoms with van der Waals surface area (Å²) in [6.45, 7) is 4.50. The topological polar surface area (TPSA) is 49.9 Å². The fraction of sp³-hybridized carbons (Fsp3) is 0.556. The fourth-order valence-electron chi connectivity index (χ4n) is 3.43. The van der Waals surface area contributed by atoms with E-state index in [0.717, 1.165) is 24.5 Å². The number of nitrogens with zero attached hydrogens (tertiary/aromatic N) is 2. The highest BCUT2D eigenvalue weighted by molar-refractivity contribution is 6.33. The summed E-state index contributed by atoms with van der Waals surface area (Å²) >= 11 is 6.47. The number of anilines is 2. The van der Waals surface area contributed by atoms with E-state index in [0.29, 0.717) is 18.2 Å². The Balaban J connectivity index is 1.74. The third-order valence-corrected chi connectivity index (χ3v) is 4.99. The minimum Gasteiger partial charge on any atom is -0.466 e. The van der Waals surface area contributed by atoms with Gasteiger partial charge in [0.15, 0.2) is 0 Å². The second kappa shape index (κ2) is 7.43. The van der Waals surface area contributed by atoms with Crippen LogP contribution >= 0.6 is 11.6 Å². The molecular weight excluding hydrogens is 328 g/mol. The Bertz CT molecular complexity index is 629. The van der Waals surface area contributed by atoms with E-state index in [4.69, 9.17) is 16.3 Å². The van der Waals surface area contributed by atoms with E-state index in [1.807, 2.05) is 18.2 Å². The quantitative estimate of drug-likeness (QED) is 0.782. The fourth-order valence-corrected chi connectivity index (χ4v) is 3.72. The van der Waals surface area contributed by atoms with Crippen molar-refractivity contribution in [3.05, 3.63) is 23.2 Å². The minimum absolute atomic E-state index is 0.0603. The van der Waals surface area contributed by atoms with Crippen molar-refractivity contribution in [1.82, 2.24) is 0 Å². The van der Waals surface area contributed by atoms with Gasteiger partial charge in [-0.2, -0.15) is 0 Å². The maximum absolute atomic E-state index is 12.3. The Morgan fingerprint density at radius 2 is 2.04 bits per heavy atom. The molecular formula is C18H23ClN2O3. The van der Waals surface area contributed by atoms with Gasteiger partial charge in [0.05, 0.1) is 23.2 Å². The van der Waals surface area contributed by atoms with E-state index in [2.05, 4.69) is 4.90 Å². The zero-order valence-corrected chi connectivity index (χ0v) is 14.7. The Morgan fingerprint density at radius 3 is 2.71 bits per heavy atom. The summed E-state index contributed by atoms with van der Waals surface area (Å²) in [7, 11) is 0. The SMILES string of the molecule is CCOC(=O)C1CC(=O)N(c2ccc(N3CCCCC3)c(Cl)c2)C1. The van der Waals surface area contributed by atoms with Gasteiger partial charge in [0.25, 0.3) is 0 Å². The number of amides is 1. The summed E-state index contributed by atoms with van der Waals surface area (Å²) in [5, 5.41) is 0.654. The van der Waals surface area contributed by atoms with Gasteiger partial charge in [-0.1, -0.05) is 11.6 Å². The minimum atomic E-state index is -0.391. The first kappa shape index (κ1) is 17.1. The van der Waals surface area contributed by atoms with Gasteiger partial charge in [-0.25, -0.2) is 0 Å². The van der Waals surface area contributed by atoms with Crippen molar-refractivity contribution in [2.24, 2.45) is 5.92 Å². The molecule has 3 rings (SSSR count). The summed E-state index contributed by atoms with van der Waals surface area (Å²) < 4.78 is 5.03. The molecule has 0 aliphatic carbocycles. The molecule has 1 atom stereocenters. The van der Waals surface area contributed by atoms with Crippen LogP contribution in [-0.4, -0.2) is 38.1 Å². The molecule has 1 unspecified atom stereocenters. The van der Waals surface area contributed by atoms with E-state index >= 15 is 0 Å². The van der Waals surface area contributed by atoms with Gasteiger partial charge >= 0.3 is 5.97 Å². The molecule has 0 N–H and O–H groups in total. The van der Waals surface area contributed by atoms with Gasteiger partial charge in [0, 0.05) is 31.7 Å². The normalized spacial score (nSPS) is 21.2. The second-order valence-corrected chi connectivity index (χ2v) is 6.75. The molecule has 0 spiro atoms. The standard InChI is InChI=1S/C18H23ClN2O3/c1-2-24-18(23)13-10-17(22)21(12-13)14-6-7-16(15(19)11-14)20-8-4-3-5-9-20/h6-7,11,13H,2-5,8-10,12H2,1H3. The number of esters is 1. The Labute approximate surface area is 147 Å². The largest absolute Gasteiger partial charge is 0.466 e. The molecule has 1 aromatic rings. The number of hydrogen-bond donors (Lipinski definition) is 0. The van der Waals surface area contributed by atoms with Crippen molar-refractivity contribution in [1.29, 1.82) is 0 Å². The number of ether oxygens (including phenoxy) is 1. The van der Waals surface area contributed by atoms with E-state index < -0.39 is 5.92 Å². The van der Waals surface area contributed by atoms with Crippen LogP contribution in [0.25, 0.3) is 0 Å². The van der Waals surface area contributed by atoms with Gasteiger partial charge in [-0.05, 0) is 44.4 Å². The summed E-state index contributed by atoms with van der Waals surface area (Å²) in [4.78, 5) is 28.0. The molecule has 0 saturated carbocycles. The molecule has 0 radical (unpaired) electrons. The van der Waals surface area contributed by atoms with Crippen molar-refractivity contribution in [2.45, 2.75) is 32.6 Å². The number of rotatable bonds is 4. The van der Waals surface area contributed by atoms with E-state index in [9.17, 15) is 9.59 Å². The van der Waals surface area contributed by atoms with E-state index in [1.165, 1.54) is 19.3 Å². The second-order valence-electron chi connectivity index (χ2n) is 6.34. The van der Waals surface area contributed by atoms with Crippen LogP contribution < -0.4 is 9.80 Å². The van der Waals surface area contributed by atoms with Gasteiger partial charge in [-0.15, -0.1) is 0 Å². The molecule has 0 aromatic heterocycles. The Hall–Kier alpha value is -1.75. The predicted molar refractivity (Wildman–Crippen MR) is 94.6 cm³/mol. The first-order valence-electron chi connectivity index (χ1n) is 8.61. The van der Waals surface area contributed by atoms with Crippen LogP contribution in [0.3, 0.4) is 0 Å². The highest BCUT2D eigenvalue weighted by Gasteiger charge is 2.36. The first-order valence-corrected chi connectivity index (χ1v) is 8.99.